The molecule has 0 atom stereocenters. The lowest BCUT2D eigenvalue weighted by molar-refractivity contribution is 0.310. The molecule has 0 aliphatic heterocycles. The summed E-state index contributed by atoms with van der Waals surface area (Å²) in [5.74, 6) is 0. The first kappa shape index (κ1) is 18.0. The molecule has 0 aromatic heterocycles. The first-order chi connectivity index (χ1) is 10.3. The minimum absolute atomic E-state index is 1.15. The predicted molar refractivity (Wildman–Crippen MR) is 95.6 cm³/mol. The van der Waals surface area contributed by atoms with Gasteiger partial charge in [0.25, 0.3) is 0 Å². The van der Waals surface area contributed by atoms with E-state index in [9.17, 15) is 0 Å². The lowest BCUT2D eigenvalue weighted by Gasteiger charge is -2.17. The lowest BCUT2D eigenvalue weighted by Crippen LogP contribution is -2.23. The van der Waals surface area contributed by atoms with Crippen LogP contribution in [0.2, 0.25) is 0 Å². The quantitative estimate of drug-likeness (QED) is 0.467. The number of hydrogen-bond donors (Lipinski definition) is 0. The Morgan fingerprint density at radius 2 is 1.67 bits per heavy atom. The second-order valence-electron chi connectivity index (χ2n) is 5.72. The van der Waals surface area contributed by atoms with Crippen LogP contribution in [0.4, 0.5) is 0 Å². The van der Waals surface area contributed by atoms with Crippen LogP contribution in [0.15, 0.2) is 36.4 Å². The SMILES string of the molecule is CCCCCC/C(=C\CCN(CC)CC)c1ccccc1. The van der Waals surface area contributed by atoms with Crippen LogP contribution >= 0.6 is 0 Å². The summed E-state index contributed by atoms with van der Waals surface area (Å²) in [7, 11) is 0. The summed E-state index contributed by atoms with van der Waals surface area (Å²) in [6, 6.07) is 10.9. The van der Waals surface area contributed by atoms with Gasteiger partial charge in [0.1, 0.15) is 0 Å². The fourth-order valence-corrected chi connectivity index (χ4v) is 2.72. The van der Waals surface area contributed by atoms with E-state index < -0.39 is 0 Å². The van der Waals surface area contributed by atoms with Crippen molar-refractivity contribution in [3.8, 4) is 0 Å². The maximum Gasteiger partial charge on any atom is 0.00159 e. The zero-order chi connectivity index (χ0) is 15.3. The van der Waals surface area contributed by atoms with Gasteiger partial charge in [0, 0.05) is 6.54 Å². The molecule has 0 fully saturated rings. The van der Waals surface area contributed by atoms with Crippen LogP contribution < -0.4 is 0 Å². The number of hydrogen-bond acceptors (Lipinski definition) is 1. The molecule has 0 aliphatic carbocycles. The monoisotopic (exact) mass is 287 g/mol. The van der Waals surface area contributed by atoms with Crippen molar-refractivity contribution in [2.75, 3.05) is 19.6 Å². The smallest absolute Gasteiger partial charge is 0.00159 e. The van der Waals surface area contributed by atoms with E-state index in [2.05, 4.69) is 62.1 Å². The van der Waals surface area contributed by atoms with Gasteiger partial charge in [0.05, 0.1) is 0 Å². The van der Waals surface area contributed by atoms with Gasteiger partial charge >= 0.3 is 0 Å². The highest BCUT2D eigenvalue weighted by Crippen LogP contribution is 2.22. The third-order valence-electron chi connectivity index (χ3n) is 4.17. The van der Waals surface area contributed by atoms with E-state index in [1.165, 1.54) is 50.6 Å². The summed E-state index contributed by atoms with van der Waals surface area (Å²) in [4.78, 5) is 2.50. The van der Waals surface area contributed by atoms with Crippen LogP contribution in [0.5, 0.6) is 0 Å². The summed E-state index contributed by atoms with van der Waals surface area (Å²) in [5.41, 5.74) is 2.95. The van der Waals surface area contributed by atoms with E-state index in [0.717, 1.165) is 13.1 Å². The summed E-state index contributed by atoms with van der Waals surface area (Å²) in [5, 5.41) is 0. The Hall–Kier alpha value is -1.08. The van der Waals surface area contributed by atoms with Gasteiger partial charge in [0.2, 0.25) is 0 Å². The van der Waals surface area contributed by atoms with Gasteiger partial charge in [0.15, 0.2) is 0 Å². The molecule has 0 spiro atoms. The molecule has 0 amide bonds. The Kier molecular flexibility index (Phi) is 9.90. The van der Waals surface area contributed by atoms with Crippen molar-refractivity contribution < 1.29 is 0 Å². The molecular weight excluding hydrogens is 254 g/mol. The van der Waals surface area contributed by atoms with Gasteiger partial charge in [-0.25, -0.2) is 0 Å². The van der Waals surface area contributed by atoms with Crippen LogP contribution in [0.1, 0.15) is 64.9 Å². The van der Waals surface area contributed by atoms with Gasteiger partial charge in [-0.3, -0.25) is 0 Å². The molecule has 0 N–H and O–H groups in total. The zero-order valence-electron chi connectivity index (χ0n) is 14.3. The van der Waals surface area contributed by atoms with E-state index in [-0.39, 0.29) is 0 Å². The van der Waals surface area contributed by atoms with Gasteiger partial charge < -0.3 is 4.90 Å². The zero-order valence-corrected chi connectivity index (χ0v) is 14.3. The number of allylic oxidation sites excluding steroid dienone is 1. The molecule has 1 aromatic rings. The molecule has 1 aromatic carbocycles. The molecular formula is C20H33N. The van der Waals surface area contributed by atoms with Crippen LogP contribution in [0.25, 0.3) is 5.57 Å². The number of benzene rings is 1. The van der Waals surface area contributed by atoms with Crippen molar-refractivity contribution in [1.82, 2.24) is 4.90 Å². The normalized spacial score (nSPS) is 12.1. The molecule has 0 radical (unpaired) electrons. The minimum Gasteiger partial charge on any atom is -0.304 e. The molecule has 0 saturated heterocycles. The van der Waals surface area contributed by atoms with Crippen molar-refractivity contribution in [3.05, 3.63) is 42.0 Å². The van der Waals surface area contributed by atoms with E-state index in [0.29, 0.717) is 0 Å². The van der Waals surface area contributed by atoms with Gasteiger partial charge in [-0.15, -0.1) is 0 Å². The summed E-state index contributed by atoms with van der Waals surface area (Å²) < 4.78 is 0. The van der Waals surface area contributed by atoms with E-state index in [4.69, 9.17) is 0 Å². The van der Waals surface area contributed by atoms with Crippen molar-refractivity contribution >= 4 is 5.57 Å². The van der Waals surface area contributed by atoms with Crippen LogP contribution in [0, 0.1) is 0 Å². The van der Waals surface area contributed by atoms with Crippen molar-refractivity contribution in [2.24, 2.45) is 0 Å². The Labute approximate surface area is 132 Å². The number of rotatable bonds is 11. The minimum atomic E-state index is 1.15. The van der Waals surface area contributed by atoms with E-state index in [1.54, 1.807) is 5.57 Å². The number of nitrogens with zero attached hydrogens (tertiary/aromatic N) is 1. The Morgan fingerprint density at radius 3 is 2.29 bits per heavy atom. The average Bonchev–Trinajstić information content (AvgIpc) is 2.54. The molecule has 0 aliphatic rings. The second-order valence-corrected chi connectivity index (χ2v) is 5.72. The van der Waals surface area contributed by atoms with Gasteiger partial charge in [-0.1, -0.05) is 76.4 Å². The van der Waals surface area contributed by atoms with Crippen LogP contribution in [-0.4, -0.2) is 24.5 Å². The Morgan fingerprint density at radius 1 is 0.952 bits per heavy atom. The average molecular weight is 287 g/mol. The van der Waals surface area contributed by atoms with Crippen molar-refractivity contribution in [1.29, 1.82) is 0 Å². The molecule has 0 saturated carbocycles. The molecule has 1 heteroatoms. The van der Waals surface area contributed by atoms with E-state index in [1.807, 2.05) is 0 Å². The van der Waals surface area contributed by atoms with Gasteiger partial charge in [-0.05, 0) is 43.5 Å². The molecule has 0 heterocycles. The fraction of sp³-hybridized carbons (Fsp3) is 0.600. The first-order valence-electron chi connectivity index (χ1n) is 8.78. The largest absolute Gasteiger partial charge is 0.304 e. The fourth-order valence-electron chi connectivity index (χ4n) is 2.72. The second kappa shape index (κ2) is 11.6. The van der Waals surface area contributed by atoms with Gasteiger partial charge in [-0.2, -0.15) is 0 Å². The highest BCUT2D eigenvalue weighted by Gasteiger charge is 2.02. The predicted octanol–water partition coefficient (Wildman–Crippen LogP) is 5.77. The molecule has 0 bridgehead atoms. The molecule has 0 unspecified atom stereocenters. The Balaban J connectivity index is 2.58. The summed E-state index contributed by atoms with van der Waals surface area (Å²) >= 11 is 0. The topological polar surface area (TPSA) is 3.24 Å². The molecule has 21 heavy (non-hydrogen) atoms. The molecule has 118 valence electrons. The molecule has 1 rings (SSSR count). The Bertz CT molecular complexity index is 376. The maximum absolute atomic E-state index is 2.50. The molecule has 1 nitrogen and oxygen atoms in total. The van der Waals surface area contributed by atoms with E-state index >= 15 is 0 Å². The standard InChI is InChI=1S/C20H33N/c1-4-7-8-10-14-20(19-15-11-9-12-16-19)17-13-18-21(5-2)6-3/h9,11-12,15-17H,4-8,10,13-14,18H2,1-3H3/b20-17+. The lowest BCUT2D eigenvalue weighted by atomic mass is 9.98. The summed E-state index contributed by atoms with van der Waals surface area (Å²) in [6.07, 6.45) is 10.2. The highest BCUT2D eigenvalue weighted by atomic mass is 15.1. The first-order valence-corrected chi connectivity index (χ1v) is 8.78. The summed E-state index contributed by atoms with van der Waals surface area (Å²) in [6.45, 7) is 10.3. The van der Waals surface area contributed by atoms with Crippen LogP contribution in [-0.2, 0) is 0 Å². The van der Waals surface area contributed by atoms with Crippen molar-refractivity contribution in [3.63, 3.8) is 0 Å². The maximum atomic E-state index is 2.50. The highest BCUT2D eigenvalue weighted by molar-refractivity contribution is 5.65. The van der Waals surface area contributed by atoms with Crippen molar-refractivity contribution in [2.45, 2.75) is 59.3 Å². The number of unbranched alkanes of at least 4 members (excludes halogenated alkanes) is 3. The third kappa shape index (κ3) is 7.47. The van der Waals surface area contributed by atoms with Crippen LogP contribution in [0.3, 0.4) is 0 Å². The third-order valence-corrected chi connectivity index (χ3v) is 4.17.